The summed E-state index contributed by atoms with van der Waals surface area (Å²) in [5, 5.41) is 6.97. The number of methoxy groups -OCH3 is 1. The maximum Gasteiger partial charge on any atom is 0.212 e. The zero-order chi connectivity index (χ0) is 13.8. The van der Waals surface area contributed by atoms with E-state index in [1.807, 2.05) is 12.3 Å². The minimum Gasteiger partial charge on any atom is -0.481 e. The molecule has 1 fully saturated rings. The van der Waals surface area contributed by atoms with E-state index in [4.69, 9.17) is 4.74 Å². The molecule has 106 valence electrons. The van der Waals surface area contributed by atoms with Gasteiger partial charge in [-0.3, -0.25) is 10.00 Å². The van der Waals surface area contributed by atoms with E-state index >= 15 is 0 Å². The normalized spacial score (nSPS) is 19.9. The Morgan fingerprint density at radius 3 is 3.00 bits per heavy atom. The van der Waals surface area contributed by atoms with Crippen LogP contribution in [0.15, 0.2) is 24.7 Å². The summed E-state index contributed by atoms with van der Waals surface area (Å²) in [4.78, 5) is 11.0. The van der Waals surface area contributed by atoms with Crippen molar-refractivity contribution in [2.24, 2.45) is 0 Å². The minimum absolute atomic E-state index is 0.327. The molecule has 1 atom stereocenters. The first-order chi connectivity index (χ1) is 9.86. The van der Waals surface area contributed by atoms with E-state index in [0.717, 1.165) is 25.3 Å². The van der Waals surface area contributed by atoms with Gasteiger partial charge in [0.05, 0.1) is 13.2 Å². The van der Waals surface area contributed by atoms with Gasteiger partial charge in [-0.2, -0.15) is 5.10 Å². The standard InChI is InChI=1S/C14H19N5O/c1-20-13-6-5-11(8-15-13)9-19-7-3-2-4-12(19)14-16-10-17-18-14/h5-6,8,10,12H,2-4,7,9H2,1H3,(H,16,17,18). The first kappa shape index (κ1) is 13.1. The van der Waals surface area contributed by atoms with Crippen LogP contribution in [0.25, 0.3) is 0 Å². The molecule has 0 aliphatic carbocycles. The molecule has 6 heteroatoms. The van der Waals surface area contributed by atoms with Gasteiger partial charge >= 0.3 is 0 Å². The Labute approximate surface area is 118 Å². The van der Waals surface area contributed by atoms with Gasteiger partial charge in [0, 0.05) is 18.8 Å². The number of ether oxygens (including phenoxy) is 1. The molecule has 20 heavy (non-hydrogen) atoms. The van der Waals surface area contributed by atoms with Crippen LogP contribution in [-0.2, 0) is 6.54 Å². The van der Waals surface area contributed by atoms with Crippen molar-refractivity contribution >= 4 is 0 Å². The third kappa shape index (κ3) is 2.80. The Morgan fingerprint density at radius 2 is 2.30 bits per heavy atom. The van der Waals surface area contributed by atoms with Gasteiger partial charge < -0.3 is 4.74 Å². The molecule has 2 aromatic heterocycles. The van der Waals surface area contributed by atoms with E-state index in [2.05, 4.69) is 31.1 Å². The topological polar surface area (TPSA) is 66.9 Å². The number of hydrogen-bond acceptors (Lipinski definition) is 5. The first-order valence-electron chi connectivity index (χ1n) is 6.95. The number of nitrogens with zero attached hydrogens (tertiary/aromatic N) is 4. The maximum atomic E-state index is 5.09. The highest BCUT2D eigenvalue weighted by Gasteiger charge is 2.26. The summed E-state index contributed by atoms with van der Waals surface area (Å²) in [6.45, 7) is 1.96. The Morgan fingerprint density at radius 1 is 1.35 bits per heavy atom. The molecule has 2 aromatic rings. The highest BCUT2D eigenvalue weighted by Crippen LogP contribution is 2.29. The SMILES string of the molecule is COc1ccc(CN2CCCCC2c2ncn[nH]2)cn1. The molecule has 0 saturated carbocycles. The Balaban J connectivity index is 1.73. The summed E-state index contributed by atoms with van der Waals surface area (Å²) in [7, 11) is 1.63. The van der Waals surface area contributed by atoms with Gasteiger partial charge in [0.1, 0.15) is 12.2 Å². The van der Waals surface area contributed by atoms with Gasteiger partial charge in [0.25, 0.3) is 0 Å². The van der Waals surface area contributed by atoms with Crippen LogP contribution in [0.1, 0.15) is 36.7 Å². The van der Waals surface area contributed by atoms with E-state index < -0.39 is 0 Å². The van der Waals surface area contributed by atoms with Crippen molar-refractivity contribution in [3.63, 3.8) is 0 Å². The van der Waals surface area contributed by atoms with Crippen molar-refractivity contribution in [3.05, 3.63) is 36.0 Å². The first-order valence-corrected chi connectivity index (χ1v) is 6.95. The smallest absolute Gasteiger partial charge is 0.212 e. The highest BCUT2D eigenvalue weighted by atomic mass is 16.5. The number of H-pyrrole nitrogens is 1. The number of piperidine rings is 1. The zero-order valence-electron chi connectivity index (χ0n) is 11.6. The molecule has 0 radical (unpaired) electrons. The molecular formula is C14H19N5O. The molecule has 1 aliphatic rings. The molecule has 6 nitrogen and oxygen atoms in total. The van der Waals surface area contributed by atoms with Gasteiger partial charge in [-0.25, -0.2) is 9.97 Å². The third-order valence-corrected chi connectivity index (χ3v) is 3.76. The lowest BCUT2D eigenvalue weighted by molar-refractivity contribution is 0.134. The highest BCUT2D eigenvalue weighted by molar-refractivity contribution is 5.18. The Hall–Kier alpha value is -1.95. The fourth-order valence-corrected chi connectivity index (χ4v) is 2.73. The quantitative estimate of drug-likeness (QED) is 0.922. The average Bonchev–Trinajstić information content (AvgIpc) is 3.03. The summed E-state index contributed by atoms with van der Waals surface area (Å²) < 4.78 is 5.09. The molecule has 0 spiro atoms. The van der Waals surface area contributed by atoms with Gasteiger partial charge in [-0.1, -0.05) is 12.5 Å². The van der Waals surface area contributed by atoms with Crippen LogP contribution in [-0.4, -0.2) is 38.7 Å². The van der Waals surface area contributed by atoms with Gasteiger partial charge in [0.15, 0.2) is 0 Å². The second-order valence-electron chi connectivity index (χ2n) is 5.06. The van der Waals surface area contributed by atoms with Gasteiger partial charge in [-0.05, 0) is 24.9 Å². The van der Waals surface area contributed by atoms with Crippen molar-refractivity contribution in [1.29, 1.82) is 0 Å². The van der Waals surface area contributed by atoms with E-state index in [0.29, 0.717) is 11.9 Å². The van der Waals surface area contributed by atoms with Crippen LogP contribution in [0.5, 0.6) is 5.88 Å². The minimum atomic E-state index is 0.327. The fraction of sp³-hybridized carbons (Fsp3) is 0.500. The third-order valence-electron chi connectivity index (χ3n) is 3.76. The second-order valence-corrected chi connectivity index (χ2v) is 5.06. The number of rotatable bonds is 4. The summed E-state index contributed by atoms with van der Waals surface area (Å²) in [6, 6.07) is 4.30. The number of aromatic nitrogens is 4. The average molecular weight is 273 g/mol. The lowest BCUT2D eigenvalue weighted by Gasteiger charge is -2.34. The number of pyridine rings is 1. The van der Waals surface area contributed by atoms with Crippen molar-refractivity contribution in [2.45, 2.75) is 31.8 Å². The van der Waals surface area contributed by atoms with Gasteiger partial charge in [0.2, 0.25) is 5.88 Å². The van der Waals surface area contributed by atoms with Crippen LogP contribution < -0.4 is 4.74 Å². The summed E-state index contributed by atoms with van der Waals surface area (Å²) in [5.41, 5.74) is 1.19. The van der Waals surface area contributed by atoms with Crippen molar-refractivity contribution in [2.75, 3.05) is 13.7 Å². The van der Waals surface area contributed by atoms with E-state index in [1.54, 1.807) is 13.4 Å². The lowest BCUT2D eigenvalue weighted by atomic mass is 10.0. The zero-order valence-corrected chi connectivity index (χ0v) is 11.6. The Kier molecular flexibility index (Phi) is 3.92. The molecule has 0 amide bonds. The maximum absolute atomic E-state index is 5.09. The molecule has 1 N–H and O–H groups in total. The fourth-order valence-electron chi connectivity index (χ4n) is 2.73. The molecule has 1 saturated heterocycles. The van der Waals surface area contributed by atoms with Crippen molar-refractivity contribution < 1.29 is 4.74 Å². The molecule has 0 bridgehead atoms. The van der Waals surface area contributed by atoms with E-state index in [1.165, 1.54) is 18.4 Å². The van der Waals surface area contributed by atoms with Crippen LogP contribution in [0.2, 0.25) is 0 Å². The lowest BCUT2D eigenvalue weighted by Crippen LogP contribution is -2.33. The molecule has 1 unspecified atom stereocenters. The van der Waals surface area contributed by atoms with Crippen LogP contribution >= 0.6 is 0 Å². The van der Waals surface area contributed by atoms with E-state index in [9.17, 15) is 0 Å². The molecule has 3 rings (SSSR count). The Bertz CT molecular complexity index is 525. The largest absolute Gasteiger partial charge is 0.481 e. The molecule has 0 aromatic carbocycles. The monoisotopic (exact) mass is 273 g/mol. The number of likely N-dealkylation sites (tertiary alicyclic amines) is 1. The predicted octanol–water partition coefficient (Wildman–Crippen LogP) is 1.94. The number of hydrogen-bond donors (Lipinski definition) is 1. The summed E-state index contributed by atoms with van der Waals surface area (Å²) in [6.07, 6.45) is 7.05. The molecule has 1 aliphatic heterocycles. The van der Waals surface area contributed by atoms with Crippen molar-refractivity contribution in [1.82, 2.24) is 25.1 Å². The summed E-state index contributed by atoms with van der Waals surface area (Å²) >= 11 is 0. The van der Waals surface area contributed by atoms with Gasteiger partial charge in [-0.15, -0.1) is 0 Å². The van der Waals surface area contributed by atoms with E-state index in [-0.39, 0.29) is 0 Å². The summed E-state index contributed by atoms with van der Waals surface area (Å²) in [5.74, 6) is 1.62. The van der Waals surface area contributed by atoms with Crippen LogP contribution in [0.4, 0.5) is 0 Å². The van der Waals surface area contributed by atoms with Crippen LogP contribution in [0, 0.1) is 0 Å². The number of nitrogens with one attached hydrogen (secondary N) is 1. The molecular weight excluding hydrogens is 254 g/mol. The number of aromatic amines is 1. The van der Waals surface area contributed by atoms with Crippen molar-refractivity contribution in [3.8, 4) is 5.88 Å². The molecule has 3 heterocycles. The second kappa shape index (κ2) is 6.00. The van der Waals surface area contributed by atoms with Crippen LogP contribution in [0.3, 0.4) is 0 Å². The predicted molar refractivity (Wildman–Crippen MR) is 74.2 cm³/mol.